The molecule has 4 heteroatoms. The minimum Gasteiger partial charge on any atom is -0.319 e. The number of pyridine rings is 1. The van der Waals surface area contributed by atoms with Crippen molar-refractivity contribution in [3.05, 3.63) is 23.3 Å². The average Bonchev–Trinajstić information content (AvgIpc) is 2.77. The van der Waals surface area contributed by atoms with Gasteiger partial charge in [-0.15, -0.1) is 0 Å². The Bertz CT molecular complexity index is 493. The normalized spacial score (nSPS) is 29.6. The first-order valence-corrected chi connectivity index (χ1v) is 7.00. The molecule has 90 valence electrons. The van der Waals surface area contributed by atoms with E-state index in [0.717, 1.165) is 34.1 Å². The molecule has 0 radical (unpaired) electrons. The Labute approximate surface area is 105 Å². The second kappa shape index (κ2) is 4.03. The second-order valence-electron chi connectivity index (χ2n) is 5.19. The Balaban J connectivity index is 1.97. The summed E-state index contributed by atoms with van der Waals surface area (Å²) in [6.07, 6.45) is 6.33. The molecule has 17 heavy (non-hydrogen) atoms. The zero-order chi connectivity index (χ0) is 11.9. The fraction of sp³-hybridized carbons (Fsp3) is 0.538. The molecule has 0 aromatic carbocycles. The number of thiazole rings is 1. The molecule has 0 atom stereocenters. The van der Waals surface area contributed by atoms with E-state index in [9.17, 15) is 0 Å². The quantitative estimate of drug-likeness (QED) is 0.842. The minimum atomic E-state index is -0.210. The van der Waals surface area contributed by atoms with Crippen LogP contribution in [-0.2, 0) is 5.54 Å². The van der Waals surface area contributed by atoms with Gasteiger partial charge in [0.2, 0.25) is 0 Å². The van der Waals surface area contributed by atoms with Gasteiger partial charge in [-0.2, -0.15) is 0 Å². The second-order valence-corrected chi connectivity index (χ2v) is 6.16. The average molecular weight is 247 g/mol. The maximum Gasteiger partial charge on any atom is 0.143 e. The highest BCUT2D eigenvalue weighted by Crippen LogP contribution is 2.39. The largest absolute Gasteiger partial charge is 0.319 e. The van der Waals surface area contributed by atoms with Crippen LogP contribution in [0.3, 0.4) is 0 Å². The minimum absolute atomic E-state index is 0.210. The third-order valence-electron chi connectivity index (χ3n) is 3.76. The van der Waals surface area contributed by atoms with Crippen LogP contribution in [0.15, 0.2) is 18.3 Å². The van der Waals surface area contributed by atoms with Gasteiger partial charge in [-0.3, -0.25) is 0 Å². The van der Waals surface area contributed by atoms with Crippen LogP contribution < -0.4 is 5.73 Å². The van der Waals surface area contributed by atoms with E-state index in [1.807, 2.05) is 18.3 Å². The van der Waals surface area contributed by atoms with Crippen LogP contribution in [0.1, 0.15) is 37.6 Å². The van der Waals surface area contributed by atoms with Crippen LogP contribution in [0.25, 0.3) is 10.3 Å². The Hall–Kier alpha value is -1.00. The number of nitrogens with two attached hydrogens (primary N) is 1. The molecule has 1 aliphatic carbocycles. The summed E-state index contributed by atoms with van der Waals surface area (Å²) in [7, 11) is 0. The predicted molar refractivity (Wildman–Crippen MR) is 70.9 cm³/mol. The summed E-state index contributed by atoms with van der Waals surface area (Å²) in [5, 5.41) is 1.07. The molecule has 0 saturated heterocycles. The third kappa shape index (κ3) is 1.96. The summed E-state index contributed by atoms with van der Waals surface area (Å²) in [6, 6.07) is 3.94. The maximum absolute atomic E-state index is 6.53. The molecule has 0 aliphatic heterocycles. The van der Waals surface area contributed by atoms with Crippen molar-refractivity contribution in [2.24, 2.45) is 11.7 Å². The van der Waals surface area contributed by atoms with Gasteiger partial charge in [0.05, 0.1) is 5.54 Å². The van der Waals surface area contributed by atoms with E-state index in [1.54, 1.807) is 11.3 Å². The Morgan fingerprint density at radius 3 is 2.88 bits per heavy atom. The SMILES string of the molecule is CC1CCC(N)(c2nc3cccnc3s2)CC1. The lowest BCUT2D eigenvalue weighted by Crippen LogP contribution is -2.40. The zero-order valence-corrected chi connectivity index (χ0v) is 10.8. The fourth-order valence-corrected chi connectivity index (χ4v) is 3.54. The highest BCUT2D eigenvalue weighted by molar-refractivity contribution is 7.18. The monoisotopic (exact) mass is 247 g/mol. The van der Waals surface area contributed by atoms with E-state index in [0.29, 0.717) is 0 Å². The molecule has 3 rings (SSSR count). The lowest BCUT2D eigenvalue weighted by molar-refractivity contribution is 0.247. The first-order valence-electron chi connectivity index (χ1n) is 6.18. The fourth-order valence-electron chi connectivity index (χ4n) is 2.47. The van der Waals surface area contributed by atoms with E-state index in [4.69, 9.17) is 5.73 Å². The summed E-state index contributed by atoms with van der Waals surface area (Å²) in [5.74, 6) is 0.805. The summed E-state index contributed by atoms with van der Waals surface area (Å²) in [6.45, 7) is 2.31. The molecule has 1 saturated carbocycles. The van der Waals surface area contributed by atoms with Gasteiger partial charge in [0, 0.05) is 6.20 Å². The lowest BCUT2D eigenvalue weighted by Gasteiger charge is -2.34. The number of nitrogens with zero attached hydrogens (tertiary/aromatic N) is 2. The molecule has 3 nitrogen and oxygen atoms in total. The van der Waals surface area contributed by atoms with Crippen molar-refractivity contribution in [2.75, 3.05) is 0 Å². The van der Waals surface area contributed by atoms with Crippen LogP contribution in [0.2, 0.25) is 0 Å². The highest BCUT2D eigenvalue weighted by Gasteiger charge is 2.34. The molecule has 2 aromatic heterocycles. The van der Waals surface area contributed by atoms with E-state index in [1.165, 1.54) is 12.8 Å². The van der Waals surface area contributed by atoms with Crippen molar-refractivity contribution < 1.29 is 0 Å². The molecular weight excluding hydrogens is 230 g/mol. The molecule has 0 amide bonds. The summed E-state index contributed by atoms with van der Waals surface area (Å²) in [5.41, 5.74) is 7.30. The standard InChI is InChI=1S/C13H17N3S/c1-9-4-6-13(14,7-5-9)12-16-10-3-2-8-15-11(10)17-12/h2-3,8-9H,4-7,14H2,1H3. The van der Waals surface area contributed by atoms with Crippen LogP contribution >= 0.6 is 11.3 Å². The van der Waals surface area contributed by atoms with Crippen LogP contribution in [-0.4, -0.2) is 9.97 Å². The molecule has 2 N–H and O–H groups in total. The van der Waals surface area contributed by atoms with Crippen molar-refractivity contribution in [3.8, 4) is 0 Å². The van der Waals surface area contributed by atoms with Crippen molar-refractivity contribution in [1.82, 2.24) is 9.97 Å². The van der Waals surface area contributed by atoms with Gasteiger partial charge < -0.3 is 5.73 Å². The number of hydrogen-bond donors (Lipinski definition) is 1. The van der Waals surface area contributed by atoms with Crippen molar-refractivity contribution in [3.63, 3.8) is 0 Å². The summed E-state index contributed by atoms with van der Waals surface area (Å²) < 4.78 is 0. The summed E-state index contributed by atoms with van der Waals surface area (Å²) >= 11 is 1.66. The molecule has 1 fully saturated rings. The zero-order valence-electron chi connectivity index (χ0n) is 10.0. The predicted octanol–water partition coefficient (Wildman–Crippen LogP) is 3.06. The number of hydrogen-bond acceptors (Lipinski definition) is 4. The van der Waals surface area contributed by atoms with Crippen molar-refractivity contribution in [1.29, 1.82) is 0 Å². The van der Waals surface area contributed by atoms with Crippen LogP contribution in [0.5, 0.6) is 0 Å². The Morgan fingerprint density at radius 2 is 2.18 bits per heavy atom. The Kier molecular flexibility index (Phi) is 2.64. The van der Waals surface area contributed by atoms with Crippen LogP contribution in [0, 0.1) is 5.92 Å². The smallest absolute Gasteiger partial charge is 0.143 e. The van der Waals surface area contributed by atoms with Crippen molar-refractivity contribution >= 4 is 21.7 Å². The van der Waals surface area contributed by atoms with Gasteiger partial charge >= 0.3 is 0 Å². The lowest BCUT2D eigenvalue weighted by atomic mass is 9.78. The molecule has 0 unspecified atom stereocenters. The van der Waals surface area contributed by atoms with E-state index >= 15 is 0 Å². The first-order chi connectivity index (χ1) is 8.17. The van der Waals surface area contributed by atoms with E-state index in [2.05, 4.69) is 16.9 Å². The van der Waals surface area contributed by atoms with E-state index < -0.39 is 0 Å². The van der Waals surface area contributed by atoms with Gasteiger partial charge in [0.25, 0.3) is 0 Å². The van der Waals surface area contributed by atoms with Gasteiger partial charge in [0.1, 0.15) is 15.4 Å². The molecule has 0 bridgehead atoms. The maximum atomic E-state index is 6.53. The van der Waals surface area contributed by atoms with Crippen LogP contribution in [0.4, 0.5) is 0 Å². The van der Waals surface area contributed by atoms with Gasteiger partial charge in [-0.05, 0) is 43.7 Å². The highest BCUT2D eigenvalue weighted by atomic mass is 32.1. The topological polar surface area (TPSA) is 51.8 Å². The first kappa shape index (κ1) is 11.1. The molecular formula is C13H17N3S. The van der Waals surface area contributed by atoms with Gasteiger partial charge in [0.15, 0.2) is 0 Å². The van der Waals surface area contributed by atoms with Gasteiger partial charge in [-0.1, -0.05) is 18.3 Å². The van der Waals surface area contributed by atoms with E-state index in [-0.39, 0.29) is 5.54 Å². The number of rotatable bonds is 1. The molecule has 2 aromatic rings. The molecule has 0 spiro atoms. The molecule has 2 heterocycles. The third-order valence-corrected chi connectivity index (χ3v) is 4.96. The van der Waals surface area contributed by atoms with Gasteiger partial charge in [-0.25, -0.2) is 9.97 Å². The van der Waals surface area contributed by atoms with Crippen molar-refractivity contribution in [2.45, 2.75) is 38.1 Å². The summed E-state index contributed by atoms with van der Waals surface area (Å²) in [4.78, 5) is 10.0. The number of fused-ring (bicyclic) bond motifs is 1. The Morgan fingerprint density at radius 1 is 1.41 bits per heavy atom. The number of aromatic nitrogens is 2. The molecule has 1 aliphatic rings.